The molecule has 20 heavy (non-hydrogen) atoms. The SMILES string of the molecule is CC(=O)OC(C)(C)C1CCC2COC3(C)C=COC23C1. The number of carbonyl (C=O) groups excluding carboxylic acids is 1. The molecule has 0 aromatic rings. The van der Waals surface area contributed by atoms with E-state index < -0.39 is 5.60 Å². The van der Waals surface area contributed by atoms with Crippen molar-refractivity contribution >= 4 is 5.97 Å². The Hall–Kier alpha value is -1.03. The van der Waals surface area contributed by atoms with Gasteiger partial charge in [-0.2, -0.15) is 0 Å². The quantitative estimate of drug-likeness (QED) is 0.730. The van der Waals surface area contributed by atoms with Gasteiger partial charge in [-0.05, 0) is 46.1 Å². The van der Waals surface area contributed by atoms with Crippen molar-refractivity contribution in [1.82, 2.24) is 0 Å². The Kier molecular flexibility index (Phi) is 2.95. The molecule has 1 saturated carbocycles. The van der Waals surface area contributed by atoms with Gasteiger partial charge >= 0.3 is 5.97 Å². The molecule has 0 N–H and O–H groups in total. The van der Waals surface area contributed by atoms with Crippen molar-refractivity contribution in [2.45, 2.75) is 63.8 Å². The first-order chi connectivity index (χ1) is 9.29. The summed E-state index contributed by atoms with van der Waals surface area (Å²) in [5, 5.41) is 0. The maximum Gasteiger partial charge on any atom is 0.303 e. The van der Waals surface area contributed by atoms with E-state index in [1.165, 1.54) is 6.92 Å². The smallest absolute Gasteiger partial charge is 0.303 e. The van der Waals surface area contributed by atoms with Crippen molar-refractivity contribution in [3.05, 3.63) is 12.3 Å². The molecule has 1 saturated heterocycles. The Morgan fingerprint density at radius 2 is 2.15 bits per heavy atom. The van der Waals surface area contributed by atoms with Gasteiger partial charge in [0.1, 0.15) is 16.8 Å². The molecule has 4 heteroatoms. The normalized spacial score (nSPS) is 42.8. The Morgan fingerprint density at radius 3 is 2.85 bits per heavy atom. The second kappa shape index (κ2) is 4.23. The fraction of sp³-hybridized carbons (Fsp3) is 0.812. The lowest BCUT2D eigenvalue weighted by Gasteiger charge is -2.48. The Bertz CT molecular complexity index is 455. The summed E-state index contributed by atoms with van der Waals surface area (Å²) in [5.74, 6) is 0.515. The molecule has 0 amide bonds. The van der Waals surface area contributed by atoms with Gasteiger partial charge in [-0.3, -0.25) is 4.79 Å². The van der Waals surface area contributed by atoms with Crippen molar-refractivity contribution in [2.24, 2.45) is 11.8 Å². The fourth-order valence-electron chi connectivity index (χ4n) is 4.28. The van der Waals surface area contributed by atoms with Gasteiger partial charge in [0.05, 0.1) is 12.9 Å². The van der Waals surface area contributed by atoms with Crippen LogP contribution in [-0.4, -0.2) is 29.4 Å². The predicted molar refractivity (Wildman–Crippen MR) is 74.0 cm³/mol. The van der Waals surface area contributed by atoms with E-state index in [2.05, 4.69) is 6.92 Å². The van der Waals surface area contributed by atoms with Crippen LogP contribution < -0.4 is 0 Å². The molecule has 3 rings (SSSR count). The van der Waals surface area contributed by atoms with E-state index in [9.17, 15) is 4.79 Å². The molecule has 4 atom stereocenters. The highest BCUT2D eigenvalue weighted by molar-refractivity contribution is 5.66. The summed E-state index contributed by atoms with van der Waals surface area (Å²) in [5.41, 5.74) is -1.06. The van der Waals surface area contributed by atoms with Crippen LogP contribution >= 0.6 is 0 Å². The second-order valence-electron chi connectivity index (χ2n) is 7.10. The maximum absolute atomic E-state index is 11.3. The van der Waals surface area contributed by atoms with E-state index in [1.807, 2.05) is 19.9 Å². The monoisotopic (exact) mass is 280 g/mol. The van der Waals surface area contributed by atoms with Crippen LogP contribution in [0, 0.1) is 11.8 Å². The third kappa shape index (κ3) is 1.80. The van der Waals surface area contributed by atoms with E-state index in [0.717, 1.165) is 25.9 Å². The molecular weight excluding hydrogens is 256 g/mol. The van der Waals surface area contributed by atoms with Crippen LogP contribution in [0.15, 0.2) is 12.3 Å². The van der Waals surface area contributed by atoms with Crippen LogP contribution in [0.1, 0.15) is 47.0 Å². The lowest BCUT2D eigenvalue weighted by atomic mass is 9.63. The van der Waals surface area contributed by atoms with Gasteiger partial charge in [-0.25, -0.2) is 0 Å². The highest BCUT2D eigenvalue weighted by Gasteiger charge is 2.65. The second-order valence-corrected chi connectivity index (χ2v) is 7.10. The Labute approximate surface area is 120 Å². The lowest BCUT2D eigenvalue weighted by Crippen LogP contribution is -2.56. The van der Waals surface area contributed by atoms with Crippen molar-refractivity contribution in [3.63, 3.8) is 0 Å². The molecule has 1 aliphatic carbocycles. The number of hydrogen-bond acceptors (Lipinski definition) is 4. The highest BCUT2D eigenvalue weighted by atomic mass is 16.6. The first kappa shape index (κ1) is 13.9. The minimum Gasteiger partial charge on any atom is -0.491 e. The molecule has 0 bridgehead atoms. The first-order valence-corrected chi connectivity index (χ1v) is 7.48. The summed E-state index contributed by atoms with van der Waals surface area (Å²) < 4.78 is 17.6. The van der Waals surface area contributed by atoms with Crippen molar-refractivity contribution < 1.29 is 19.0 Å². The van der Waals surface area contributed by atoms with Gasteiger partial charge < -0.3 is 14.2 Å². The van der Waals surface area contributed by atoms with Crippen molar-refractivity contribution in [1.29, 1.82) is 0 Å². The zero-order valence-electron chi connectivity index (χ0n) is 12.8. The lowest BCUT2D eigenvalue weighted by molar-refractivity contribution is -0.169. The molecular formula is C16H24O4. The summed E-state index contributed by atoms with van der Waals surface area (Å²) >= 11 is 0. The number of esters is 1. The van der Waals surface area contributed by atoms with Gasteiger partial charge in [0.15, 0.2) is 0 Å². The predicted octanol–water partition coefficient (Wildman–Crippen LogP) is 2.82. The van der Waals surface area contributed by atoms with Crippen molar-refractivity contribution in [2.75, 3.05) is 6.61 Å². The van der Waals surface area contributed by atoms with Gasteiger partial charge in [0, 0.05) is 18.8 Å². The largest absolute Gasteiger partial charge is 0.491 e. The number of hydrogen-bond donors (Lipinski definition) is 0. The summed E-state index contributed by atoms with van der Waals surface area (Å²) in [4.78, 5) is 11.3. The van der Waals surface area contributed by atoms with Gasteiger partial charge in [0.25, 0.3) is 0 Å². The van der Waals surface area contributed by atoms with E-state index in [1.54, 1.807) is 6.26 Å². The number of carbonyl (C=O) groups is 1. The third-order valence-electron chi connectivity index (χ3n) is 5.55. The average Bonchev–Trinajstić information content (AvgIpc) is 2.77. The van der Waals surface area contributed by atoms with Crippen LogP contribution in [0.25, 0.3) is 0 Å². The van der Waals surface area contributed by atoms with E-state index in [4.69, 9.17) is 14.2 Å². The van der Waals surface area contributed by atoms with Crippen LogP contribution in [0.2, 0.25) is 0 Å². The summed E-state index contributed by atoms with van der Waals surface area (Å²) in [7, 11) is 0. The minimum absolute atomic E-state index is 0.217. The van der Waals surface area contributed by atoms with Crippen LogP contribution in [-0.2, 0) is 19.0 Å². The van der Waals surface area contributed by atoms with Crippen LogP contribution in [0.4, 0.5) is 0 Å². The molecule has 0 aromatic carbocycles. The summed E-state index contributed by atoms with van der Waals surface area (Å²) in [6.07, 6.45) is 6.81. The molecule has 2 aliphatic heterocycles. The van der Waals surface area contributed by atoms with E-state index in [-0.39, 0.29) is 17.2 Å². The molecule has 112 valence electrons. The fourth-order valence-corrected chi connectivity index (χ4v) is 4.28. The average molecular weight is 280 g/mol. The van der Waals surface area contributed by atoms with E-state index in [0.29, 0.717) is 11.8 Å². The Balaban J connectivity index is 1.84. The minimum atomic E-state index is -0.457. The molecule has 4 unspecified atom stereocenters. The summed E-state index contributed by atoms with van der Waals surface area (Å²) in [6.45, 7) is 8.36. The standard InChI is InChI=1S/C16H24O4/c1-11(17)20-14(2,3)12-5-6-13-10-19-15(4)7-8-18-16(13,15)9-12/h7-8,12-13H,5-6,9-10H2,1-4H3. The molecule has 0 radical (unpaired) electrons. The highest BCUT2D eigenvalue weighted by Crippen LogP contribution is 2.57. The molecule has 3 aliphatic rings. The van der Waals surface area contributed by atoms with Gasteiger partial charge in [-0.1, -0.05) is 0 Å². The maximum atomic E-state index is 11.3. The molecule has 2 heterocycles. The summed E-state index contributed by atoms with van der Waals surface area (Å²) in [6, 6.07) is 0. The molecule has 1 spiro atoms. The van der Waals surface area contributed by atoms with Crippen LogP contribution in [0.5, 0.6) is 0 Å². The van der Waals surface area contributed by atoms with Gasteiger partial charge in [-0.15, -0.1) is 0 Å². The van der Waals surface area contributed by atoms with Gasteiger partial charge in [0.2, 0.25) is 0 Å². The zero-order valence-corrected chi connectivity index (χ0v) is 12.8. The zero-order chi connectivity index (χ0) is 14.6. The van der Waals surface area contributed by atoms with Crippen LogP contribution in [0.3, 0.4) is 0 Å². The topological polar surface area (TPSA) is 44.8 Å². The molecule has 0 aromatic heterocycles. The van der Waals surface area contributed by atoms with Crippen molar-refractivity contribution in [3.8, 4) is 0 Å². The number of ether oxygens (including phenoxy) is 3. The van der Waals surface area contributed by atoms with E-state index >= 15 is 0 Å². The molecule has 4 nitrogen and oxygen atoms in total. The Morgan fingerprint density at radius 1 is 1.40 bits per heavy atom. The first-order valence-electron chi connectivity index (χ1n) is 7.48. The number of rotatable bonds is 2. The third-order valence-corrected chi connectivity index (χ3v) is 5.55. The molecule has 2 fully saturated rings.